The SMILES string of the molecule is CN(C)C(=O)Oc1ccc2c(c1)/C(=N/O)CC2. The molecule has 0 saturated heterocycles. The minimum absolute atomic E-state index is 0.426. The number of nitrogens with zero attached hydrogens (tertiary/aromatic N) is 2. The highest BCUT2D eigenvalue weighted by Gasteiger charge is 2.19. The van der Waals surface area contributed by atoms with E-state index >= 15 is 0 Å². The highest BCUT2D eigenvalue weighted by atomic mass is 16.6. The Bertz CT molecular complexity index is 481. The molecule has 5 heteroatoms. The number of aryl methyl sites for hydroxylation is 1. The highest BCUT2D eigenvalue weighted by Crippen LogP contribution is 2.26. The van der Waals surface area contributed by atoms with Gasteiger partial charge < -0.3 is 14.8 Å². The van der Waals surface area contributed by atoms with Crippen molar-refractivity contribution in [3.8, 4) is 5.75 Å². The lowest BCUT2D eigenvalue weighted by atomic mass is 10.1. The van der Waals surface area contributed by atoms with Gasteiger partial charge in [0, 0.05) is 19.7 Å². The van der Waals surface area contributed by atoms with Crippen molar-refractivity contribution >= 4 is 11.8 Å². The lowest BCUT2D eigenvalue weighted by Gasteiger charge is -2.11. The van der Waals surface area contributed by atoms with Crippen LogP contribution in [0.4, 0.5) is 4.79 Å². The van der Waals surface area contributed by atoms with Crippen LogP contribution >= 0.6 is 0 Å². The van der Waals surface area contributed by atoms with E-state index in [2.05, 4.69) is 5.16 Å². The van der Waals surface area contributed by atoms with E-state index in [0.717, 1.165) is 24.0 Å². The number of fused-ring (bicyclic) bond motifs is 1. The van der Waals surface area contributed by atoms with E-state index in [-0.39, 0.29) is 0 Å². The summed E-state index contributed by atoms with van der Waals surface area (Å²) >= 11 is 0. The first-order chi connectivity index (χ1) is 8.11. The Kier molecular flexibility index (Phi) is 2.99. The van der Waals surface area contributed by atoms with Gasteiger partial charge in [-0.25, -0.2) is 4.79 Å². The standard InChI is InChI=1S/C12H14N2O3/c1-14(2)12(15)17-9-5-3-8-4-6-11(13-16)10(8)7-9/h3,5,7,16H,4,6H2,1-2H3/b13-11+. The lowest BCUT2D eigenvalue weighted by Crippen LogP contribution is -2.25. The normalized spacial score (nSPS) is 15.8. The molecule has 0 atom stereocenters. The largest absolute Gasteiger partial charge is 0.414 e. The number of ether oxygens (including phenoxy) is 1. The van der Waals surface area contributed by atoms with Gasteiger partial charge in [-0.2, -0.15) is 0 Å². The molecule has 1 aromatic rings. The first-order valence-electron chi connectivity index (χ1n) is 5.35. The summed E-state index contributed by atoms with van der Waals surface area (Å²) in [4.78, 5) is 12.7. The number of hydrogen-bond donors (Lipinski definition) is 1. The molecule has 0 bridgehead atoms. The molecule has 0 heterocycles. The van der Waals surface area contributed by atoms with Crippen molar-refractivity contribution in [2.45, 2.75) is 12.8 Å². The third kappa shape index (κ3) is 2.22. The summed E-state index contributed by atoms with van der Waals surface area (Å²) in [5, 5.41) is 12.1. The van der Waals surface area contributed by atoms with Gasteiger partial charge in [-0.3, -0.25) is 0 Å². The first-order valence-corrected chi connectivity index (χ1v) is 5.35. The predicted molar refractivity (Wildman–Crippen MR) is 62.8 cm³/mol. The fraction of sp³-hybridized carbons (Fsp3) is 0.333. The van der Waals surface area contributed by atoms with Gasteiger partial charge in [0.15, 0.2) is 0 Å². The van der Waals surface area contributed by atoms with E-state index in [0.29, 0.717) is 11.5 Å². The van der Waals surface area contributed by atoms with Crippen molar-refractivity contribution < 1.29 is 14.7 Å². The molecule has 90 valence electrons. The van der Waals surface area contributed by atoms with Crippen molar-refractivity contribution in [2.24, 2.45) is 5.16 Å². The Morgan fingerprint density at radius 2 is 2.18 bits per heavy atom. The molecule has 1 aliphatic carbocycles. The maximum atomic E-state index is 11.4. The summed E-state index contributed by atoms with van der Waals surface area (Å²) in [5.74, 6) is 0.463. The average Bonchev–Trinajstić information content (AvgIpc) is 2.71. The second-order valence-corrected chi connectivity index (χ2v) is 4.13. The van der Waals surface area contributed by atoms with Crippen LogP contribution in [0.1, 0.15) is 17.5 Å². The molecule has 0 radical (unpaired) electrons. The lowest BCUT2D eigenvalue weighted by molar-refractivity contribution is 0.172. The van der Waals surface area contributed by atoms with Crippen LogP contribution in [-0.2, 0) is 6.42 Å². The van der Waals surface area contributed by atoms with Crippen molar-refractivity contribution in [3.63, 3.8) is 0 Å². The summed E-state index contributed by atoms with van der Waals surface area (Å²) in [6.45, 7) is 0. The second kappa shape index (κ2) is 4.45. The van der Waals surface area contributed by atoms with Crippen LogP contribution in [0.15, 0.2) is 23.4 Å². The van der Waals surface area contributed by atoms with Crippen LogP contribution in [0.5, 0.6) is 5.75 Å². The zero-order chi connectivity index (χ0) is 12.4. The van der Waals surface area contributed by atoms with Gasteiger partial charge in [-0.05, 0) is 30.5 Å². The van der Waals surface area contributed by atoms with Crippen LogP contribution in [0.2, 0.25) is 0 Å². The van der Waals surface area contributed by atoms with Gasteiger partial charge in [-0.15, -0.1) is 0 Å². The van der Waals surface area contributed by atoms with Gasteiger partial charge in [0.05, 0.1) is 5.71 Å². The summed E-state index contributed by atoms with van der Waals surface area (Å²) < 4.78 is 5.14. The fourth-order valence-corrected chi connectivity index (χ4v) is 1.79. The minimum Gasteiger partial charge on any atom is -0.411 e. The number of amides is 1. The number of carbonyl (C=O) groups excluding carboxylic acids is 1. The molecule has 0 fully saturated rings. The molecule has 1 amide bonds. The molecule has 1 aromatic carbocycles. The molecular weight excluding hydrogens is 220 g/mol. The van der Waals surface area contributed by atoms with E-state index in [1.165, 1.54) is 4.90 Å². The fourth-order valence-electron chi connectivity index (χ4n) is 1.79. The maximum Gasteiger partial charge on any atom is 0.414 e. The Balaban J connectivity index is 2.25. The Hall–Kier alpha value is -2.04. The van der Waals surface area contributed by atoms with Crippen LogP contribution in [0.3, 0.4) is 0 Å². The molecule has 1 N–H and O–H groups in total. The van der Waals surface area contributed by atoms with Gasteiger partial charge in [-0.1, -0.05) is 11.2 Å². The Morgan fingerprint density at radius 3 is 2.82 bits per heavy atom. The second-order valence-electron chi connectivity index (χ2n) is 4.13. The van der Waals surface area contributed by atoms with Gasteiger partial charge in [0.25, 0.3) is 0 Å². The highest BCUT2D eigenvalue weighted by molar-refractivity contribution is 6.04. The third-order valence-corrected chi connectivity index (χ3v) is 2.71. The number of carbonyl (C=O) groups is 1. The molecule has 2 rings (SSSR count). The van der Waals surface area contributed by atoms with Gasteiger partial charge in [0.1, 0.15) is 5.75 Å². The Morgan fingerprint density at radius 1 is 1.41 bits per heavy atom. The number of oxime groups is 1. The van der Waals surface area contributed by atoms with E-state index in [1.54, 1.807) is 26.2 Å². The average molecular weight is 234 g/mol. The molecular formula is C12H14N2O3. The monoisotopic (exact) mass is 234 g/mol. The van der Waals surface area contributed by atoms with Crippen LogP contribution in [0.25, 0.3) is 0 Å². The molecule has 1 aliphatic rings. The summed E-state index contributed by atoms with van der Waals surface area (Å²) in [7, 11) is 3.24. The van der Waals surface area contributed by atoms with Crippen molar-refractivity contribution in [2.75, 3.05) is 14.1 Å². The molecule has 5 nitrogen and oxygen atoms in total. The quantitative estimate of drug-likeness (QED) is 0.596. The predicted octanol–water partition coefficient (Wildman–Crippen LogP) is 1.87. The van der Waals surface area contributed by atoms with E-state index in [1.807, 2.05) is 6.07 Å². The van der Waals surface area contributed by atoms with Gasteiger partial charge >= 0.3 is 6.09 Å². The maximum absolute atomic E-state index is 11.4. The first kappa shape index (κ1) is 11.4. The topological polar surface area (TPSA) is 62.1 Å². The summed E-state index contributed by atoms with van der Waals surface area (Å²) in [6, 6.07) is 5.38. The molecule has 17 heavy (non-hydrogen) atoms. The molecule has 0 saturated carbocycles. The van der Waals surface area contributed by atoms with Crippen LogP contribution < -0.4 is 4.74 Å². The van der Waals surface area contributed by atoms with E-state index in [9.17, 15) is 4.79 Å². The zero-order valence-corrected chi connectivity index (χ0v) is 9.80. The van der Waals surface area contributed by atoms with Crippen molar-refractivity contribution in [1.82, 2.24) is 4.90 Å². The Labute approximate surface area is 99.3 Å². The minimum atomic E-state index is -0.426. The van der Waals surface area contributed by atoms with Crippen molar-refractivity contribution in [1.29, 1.82) is 0 Å². The summed E-state index contributed by atoms with van der Waals surface area (Å²) in [6.07, 6.45) is 1.15. The number of benzene rings is 1. The van der Waals surface area contributed by atoms with Gasteiger partial charge in [0.2, 0.25) is 0 Å². The zero-order valence-electron chi connectivity index (χ0n) is 9.80. The van der Waals surface area contributed by atoms with Crippen LogP contribution in [0, 0.1) is 0 Å². The molecule has 0 unspecified atom stereocenters. The van der Waals surface area contributed by atoms with E-state index < -0.39 is 6.09 Å². The van der Waals surface area contributed by atoms with Crippen molar-refractivity contribution in [3.05, 3.63) is 29.3 Å². The number of rotatable bonds is 1. The smallest absolute Gasteiger partial charge is 0.411 e. The molecule has 0 aromatic heterocycles. The summed E-state index contributed by atoms with van der Waals surface area (Å²) in [5.41, 5.74) is 2.61. The third-order valence-electron chi connectivity index (χ3n) is 2.71. The van der Waals surface area contributed by atoms with Crippen LogP contribution in [-0.4, -0.2) is 36.0 Å². The molecule has 0 spiro atoms. The van der Waals surface area contributed by atoms with E-state index in [4.69, 9.17) is 9.94 Å². The number of hydrogen-bond acceptors (Lipinski definition) is 4. The molecule has 0 aliphatic heterocycles.